The number of carbonyl (C=O) groups excluding carboxylic acids is 1. The Morgan fingerprint density at radius 2 is 1.46 bits per heavy atom. The maximum Gasteiger partial charge on any atom is 0.403 e. The van der Waals surface area contributed by atoms with Gasteiger partial charge in [-0.05, 0) is 78.0 Å². The van der Waals surface area contributed by atoms with Crippen LogP contribution in [0.25, 0.3) is 32.8 Å². The number of aliphatic carboxylic acids is 1. The standard InChI is InChI=1S/C39H42F6N4O3/c1-36(2)14-7-17-49(23-36)22-26-21-46-33(30-10-4-3-9-28(26)30)31-13-6-11-27-25(8-5-12-29(27)31)20-32(34(50)51)47-35(52)37(39(43,44)45)15-18-48(19-16-37)24-38(40,41)42/h3-6,8-13,21,32H,7,14-20,22-24H2,1-2H3,(H,47,52)(H,50,51)/t32-/m0/s1. The fraction of sp³-hybridized carbons (Fsp3) is 0.462. The molecule has 2 aliphatic heterocycles. The van der Waals surface area contributed by atoms with E-state index in [1.807, 2.05) is 42.6 Å². The molecule has 1 amide bonds. The van der Waals surface area contributed by atoms with Crippen LogP contribution >= 0.6 is 0 Å². The zero-order chi connectivity index (χ0) is 37.5. The maximum atomic E-state index is 14.4. The highest BCUT2D eigenvalue weighted by Crippen LogP contribution is 2.47. The van der Waals surface area contributed by atoms with Gasteiger partial charge in [-0.3, -0.25) is 19.6 Å². The fourth-order valence-electron chi connectivity index (χ4n) is 7.97. The van der Waals surface area contributed by atoms with Gasteiger partial charge < -0.3 is 10.4 Å². The first-order valence-electron chi connectivity index (χ1n) is 17.5. The summed E-state index contributed by atoms with van der Waals surface area (Å²) >= 11 is 0. The molecular weight excluding hydrogens is 686 g/mol. The molecule has 2 aliphatic rings. The number of alkyl halides is 6. The molecule has 0 bridgehead atoms. The first-order chi connectivity index (χ1) is 24.5. The molecule has 0 saturated carbocycles. The molecular formula is C39H42F6N4O3. The van der Waals surface area contributed by atoms with Crippen molar-refractivity contribution in [1.82, 2.24) is 20.1 Å². The van der Waals surface area contributed by atoms with Crippen molar-refractivity contribution in [3.63, 3.8) is 0 Å². The number of carbonyl (C=O) groups is 2. The first kappa shape index (κ1) is 37.5. The summed E-state index contributed by atoms with van der Waals surface area (Å²) in [5.41, 5.74) is 0.342. The van der Waals surface area contributed by atoms with Gasteiger partial charge in [-0.2, -0.15) is 26.3 Å². The molecule has 0 radical (unpaired) electrons. The van der Waals surface area contributed by atoms with Gasteiger partial charge in [-0.1, -0.05) is 74.5 Å². The van der Waals surface area contributed by atoms with Crippen LogP contribution in [0, 0.1) is 10.8 Å². The van der Waals surface area contributed by atoms with Crippen LogP contribution in [0.15, 0.2) is 66.9 Å². The first-order valence-corrected chi connectivity index (χ1v) is 17.5. The summed E-state index contributed by atoms with van der Waals surface area (Å²) in [6.07, 6.45) is -7.65. The minimum Gasteiger partial charge on any atom is -0.480 e. The van der Waals surface area contributed by atoms with Crippen molar-refractivity contribution in [1.29, 1.82) is 0 Å². The number of carboxylic acids is 1. The zero-order valence-electron chi connectivity index (χ0n) is 29.1. The molecule has 1 aromatic heterocycles. The van der Waals surface area contributed by atoms with E-state index in [0.29, 0.717) is 10.9 Å². The molecule has 0 aliphatic carbocycles. The van der Waals surface area contributed by atoms with E-state index in [9.17, 15) is 41.0 Å². The molecule has 3 heterocycles. The number of halogens is 6. The second-order valence-corrected chi connectivity index (χ2v) is 15.0. The Bertz CT molecular complexity index is 1950. The monoisotopic (exact) mass is 728 g/mol. The van der Waals surface area contributed by atoms with Crippen molar-refractivity contribution < 1.29 is 41.0 Å². The number of nitrogens with one attached hydrogen (secondary N) is 1. The summed E-state index contributed by atoms with van der Waals surface area (Å²) < 4.78 is 82.0. The topological polar surface area (TPSA) is 85.8 Å². The van der Waals surface area contributed by atoms with Crippen LogP contribution < -0.4 is 5.32 Å². The number of hydrogen-bond acceptors (Lipinski definition) is 5. The average Bonchev–Trinajstić information content (AvgIpc) is 3.07. The van der Waals surface area contributed by atoms with Gasteiger partial charge in [0.15, 0.2) is 0 Å². The normalized spacial score (nSPS) is 19.1. The molecule has 1 atom stereocenters. The Morgan fingerprint density at radius 3 is 2.12 bits per heavy atom. The molecule has 2 fully saturated rings. The lowest BCUT2D eigenvalue weighted by molar-refractivity contribution is -0.236. The molecule has 7 nitrogen and oxygen atoms in total. The molecule has 0 unspecified atom stereocenters. The van der Waals surface area contributed by atoms with Gasteiger partial charge in [0.2, 0.25) is 5.91 Å². The summed E-state index contributed by atoms with van der Waals surface area (Å²) in [6.45, 7) is 4.72. The van der Waals surface area contributed by atoms with Crippen LogP contribution in [0.4, 0.5) is 26.3 Å². The lowest BCUT2D eigenvalue weighted by Crippen LogP contribution is -2.59. The molecule has 2 saturated heterocycles. The van der Waals surface area contributed by atoms with Gasteiger partial charge in [-0.25, -0.2) is 4.79 Å². The van der Waals surface area contributed by atoms with Gasteiger partial charge in [0, 0.05) is 36.7 Å². The number of amides is 1. The number of fused-ring (bicyclic) bond motifs is 2. The minimum absolute atomic E-state index is 0.238. The lowest BCUT2D eigenvalue weighted by atomic mass is 9.76. The molecule has 13 heteroatoms. The molecule has 52 heavy (non-hydrogen) atoms. The summed E-state index contributed by atoms with van der Waals surface area (Å²) in [5.74, 6) is -3.09. The van der Waals surface area contributed by atoms with Crippen molar-refractivity contribution >= 4 is 33.4 Å². The minimum atomic E-state index is -5.10. The van der Waals surface area contributed by atoms with Crippen LogP contribution in [0.1, 0.15) is 50.7 Å². The molecule has 278 valence electrons. The Labute approximate surface area is 298 Å². The Morgan fingerprint density at radius 1 is 0.827 bits per heavy atom. The summed E-state index contributed by atoms with van der Waals surface area (Å²) in [7, 11) is 0. The Balaban J connectivity index is 1.28. The number of carboxylic acid groups (broad SMARTS) is 1. The van der Waals surface area contributed by atoms with Crippen molar-refractivity contribution in [3.8, 4) is 11.3 Å². The summed E-state index contributed by atoms with van der Waals surface area (Å²) in [6, 6.07) is 17.1. The second-order valence-electron chi connectivity index (χ2n) is 15.0. The number of likely N-dealkylation sites (tertiary alicyclic amines) is 2. The van der Waals surface area contributed by atoms with E-state index in [2.05, 4.69) is 30.1 Å². The highest BCUT2D eigenvalue weighted by molar-refractivity contribution is 6.05. The number of rotatable bonds is 9. The third-order valence-corrected chi connectivity index (χ3v) is 10.6. The van der Waals surface area contributed by atoms with Gasteiger partial charge >= 0.3 is 18.3 Å². The van der Waals surface area contributed by atoms with Crippen LogP contribution in [-0.4, -0.2) is 82.9 Å². The van der Waals surface area contributed by atoms with Crippen molar-refractivity contribution in [3.05, 3.63) is 78.0 Å². The molecule has 4 aromatic rings. The van der Waals surface area contributed by atoms with E-state index in [4.69, 9.17) is 4.98 Å². The molecule has 3 aromatic carbocycles. The van der Waals surface area contributed by atoms with E-state index in [0.717, 1.165) is 63.9 Å². The quantitative estimate of drug-likeness (QED) is 0.170. The fourth-order valence-corrected chi connectivity index (χ4v) is 7.97. The van der Waals surface area contributed by atoms with Crippen molar-refractivity contribution in [2.24, 2.45) is 10.8 Å². The highest BCUT2D eigenvalue weighted by atomic mass is 19.4. The number of piperidine rings is 2. The summed E-state index contributed by atoms with van der Waals surface area (Å²) in [4.78, 5) is 34.0. The summed E-state index contributed by atoms with van der Waals surface area (Å²) in [5, 5.41) is 15.6. The second kappa shape index (κ2) is 14.3. The highest BCUT2D eigenvalue weighted by Gasteiger charge is 2.61. The number of nitrogens with zero attached hydrogens (tertiary/aromatic N) is 3. The van der Waals surface area contributed by atoms with Crippen LogP contribution in [0.3, 0.4) is 0 Å². The van der Waals surface area contributed by atoms with E-state index in [-0.39, 0.29) is 11.8 Å². The maximum absolute atomic E-state index is 14.4. The smallest absolute Gasteiger partial charge is 0.403 e. The van der Waals surface area contributed by atoms with Gasteiger partial charge in [0.25, 0.3) is 0 Å². The predicted molar refractivity (Wildman–Crippen MR) is 186 cm³/mol. The van der Waals surface area contributed by atoms with Crippen molar-refractivity contribution in [2.45, 2.75) is 70.9 Å². The molecule has 0 spiro atoms. The zero-order valence-corrected chi connectivity index (χ0v) is 29.1. The van der Waals surface area contributed by atoms with Gasteiger partial charge in [0.05, 0.1) is 12.2 Å². The lowest BCUT2D eigenvalue weighted by Gasteiger charge is -2.42. The van der Waals surface area contributed by atoms with Crippen LogP contribution in [0.5, 0.6) is 0 Å². The third kappa shape index (κ3) is 7.90. The van der Waals surface area contributed by atoms with E-state index >= 15 is 0 Å². The van der Waals surface area contributed by atoms with Crippen molar-refractivity contribution in [2.75, 3.05) is 32.7 Å². The van der Waals surface area contributed by atoms with E-state index in [1.165, 1.54) is 6.42 Å². The number of benzene rings is 3. The number of hydrogen-bond donors (Lipinski definition) is 2. The average molecular weight is 729 g/mol. The molecule has 6 rings (SSSR count). The predicted octanol–water partition coefficient (Wildman–Crippen LogP) is 8.00. The Hall–Kier alpha value is -4.23. The van der Waals surface area contributed by atoms with E-state index in [1.54, 1.807) is 18.2 Å². The molecule has 2 N–H and O–H groups in total. The van der Waals surface area contributed by atoms with Gasteiger partial charge in [-0.15, -0.1) is 0 Å². The largest absolute Gasteiger partial charge is 0.480 e. The van der Waals surface area contributed by atoms with Gasteiger partial charge in [0.1, 0.15) is 11.5 Å². The SMILES string of the molecule is CC1(C)CCCN(Cc2cnc(-c3cccc4c(C[C@H](NC(=O)C5(C(F)(F)F)CCN(CC(F)(F)F)CC5)C(=O)O)cccc34)c3ccccc23)C1. The number of pyridine rings is 1. The van der Waals surface area contributed by atoms with Crippen LogP contribution in [0.2, 0.25) is 0 Å². The number of aromatic nitrogens is 1. The third-order valence-electron chi connectivity index (χ3n) is 10.6. The van der Waals surface area contributed by atoms with Crippen LogP contribution in [-0.2, 0) is 22.6 Å². The Kier molecular flexibility index (Phi) is 10.3. The van der Waals surface area contributed by atoms with E-state index < -0.39 is 68.2 Å².